The van der Waals surface area contributed by atoms with Crippen LogP contribution in [0.1, 0.15) is 48.0 Å². The Hall–Kier alpha value is -2.05. The van der Waals surface area contributed by atoms with Crippen molar-refractivity contribution in [3.05, 3.63) is 64.7 Å². The summed E-state index contributed by atoms with van der Waals surface area (Å²) >= 11 is 6.04. The zero-order valence-electron chi connectivity index (χ0n) is 16.2. The van der Waals surface area contributed by atoms with Crippen molar-refractivity contribution in [1.82, 2.24) is 5.32 Å². The molecule has 1 amide bonds. The quantitative estimate of drug-likeness (QED) is 0.772. The summed E-state index contributed by atoms with van der Waals surface area (Å²) < 4.78 is 25.5. The Morgan fingerprint density at radius 1 is 1.00 bits per heavy atom. The topological polar surface area (TPSA) is 66.5 Å². The van der Waals surface area contributed by atoms with Crippen molar-refractivity contribution in [2.75, 3.05) is 23.1 Å². The molecule has 0 spiro atoms. The highest BCUT2D eigenvalue weighted by atomic mass is 35.5. The van der Waals surface area contributed by atoms with Crippen LogP contribution >= 0.6 is 11.6 Å². The summed E-state index contributed by atoms with van der Waals surface area (Å²) in [5, 5.41) is 3.81. The van der Waals surface area contributed by atoms with Gasteiger partial charge in [0.2, 0.25) is 10.0 Å². The van der Waals surface area contributed by atoms with Gasteiger partial charge in [0.15, 0.2) is 0 Å². The molecule has 0 radical (unpaired) electrons. The molecule has 1 saturated heterocycles. The standard InChI is InChI=1S/C22H25ClN2O3S/c23-19-8-6-18(7-9-19)22(12-1-2-13-22)16-24-21(26)17-4-10-20(11-5-17)25-14-3-15-29(25,27)28/h4-11H,1-3,12-16H2,(H,24,26). The molecule has 0 bridgehead atoms. The van der Waals surface area contributed by atoms with E-state index < -0.39 is 10.0 Å². The normalized spacial score (nSPS) is 20.0. The predicted octanol–water partition coefficient (Wildman–Crippen LogP) is 4.12. The van der Waals surface area contributed by atoms with Gasteiger partial charge >= 0.3 is 0 Å². The summed E-state index contributed by atoms with van der Waals surface area (Å²) in [7, 11) is -3.21. The van der Waals surface area contributed by atoms with E-state index in [0.717, 1.165) is 25.7 Å². The largest absolute Gasteiger partial charge is 0.351 e. The lowest BCUT2D eigenvalue weighted by molar-refractivity contribution is 0.0943. The van der Waals surface area contributed by atoms with Gasteiger partial charge in [0.05, 0.1) is 11.4 Å². The average molecular weight is 433 g/mol. The first-order valence-electron chi connectivity index (χ1n) is 10.0. The average Bonchev–Trinajstić information content (AvgIpc) is 3.33. The molecule has 0 atom stereocenters. The maximum Gasteiger partial charge on any atom is 0.251 e. The number of benzene rings is 2. The van der Waals surface area contributed by atoms with E-state index in [1.165, 1.54) is 9.87 Å². The van der Waals surface area contributed by atoms with Crippen LogP contribution in [0.3, 0.4) is 0 Å². The van der Waals surface area contributed by atoms with Crippen molar-refractivity contribution in [2.24, 2.45) is 0 Å². The molecule has 4 rings (SSSR count). The molecule has 0 aromatic heterocycles. The van der Waals surface area contributed by atoms with E-state index in [2.05, 4.69) is 17.4 Å². The minimum atomic E-state index is -3.21. The Morgan fingerprint density at radius 3 is 2.24 bits per heavy atom. The van der Waals surface area contributed by atoms with Gasteiger partial charge in [0, 0.05) is 29.1 Å². The van der Waals surface area contributed by atoms with Crippen molar-refractivity contribution >= 4 is 33.2 Å². The fraction of sp³-hybridized carbons (Fsp3) is 0.409. The molecule has 2 aliphatic rings. The zero-order valence-corrected chi connectivity index (χ0v) is 17.8. The number of nitrogens with one attached hydrogen (secondary N) is 1. The van der Waals surface area contributed by atoms with Gasteiger partial charge in [-0.15, -0.1) is 0 Å². The molecule has 1 aliphatic carbocycles. The number of halogens is 1. The Balaban J connectivity index is 1.45. The van der Waals surface area contributed by atoms with Gasteiger partial charge in [-0.25, -0.2) is 8.42 Å². The molecular formula is C22H25ClN2O3S. The Kier molecular flexibility index (Phi) is 5.58. The lowest BCUT2D eigenvalue weighted by Crippen LogP contribution is -2.39. The van der Waals surface area contributed by atoms with Crippen molar-refractivity contribution in [1.29, 1.82) is 0 Å². The summed E-state index contributed by atoms with van der Waals surface area (Å²) in [6.07, 6.45) is 5.02. The number of amides is 1. The first kappa shape index (κ1) is 20.2. The number of rotatable bonds is 5. The molecule has 2 aromatic carbocycles. The molecule has 0 unspecified atom stereocenters. The molecule has 2 aromatic rings. The van der Waals surface area contributed by atoms with Crippen LogP contribution in [0.5, 0.6) is 0 Å². The Labute approximate surface area is 177 Å². The second-order valence-corrected chi connectivity index (χ2v) is 10.4. The molecule has 7 heteroatoms. The first-order valence-corrected chi connectivity index (χ1v) is 12.0. The molecule has 5 nitrogen and oxygen atoms in total. The van der Waals surface area contributed by atoms with E-state index in [9.17, 15) is 13.2 Å². The summed E-state index contributed by atoms with van der Waals surface area (Å²) in [5.74, 6) is 0.0447. The molecule has 1 N–H and O–H groups in total. The monoisotopic (exact) mass is 432 g/mol. The zero-order chi connectivity index (χ0) is 20.5. The predicted molar refractivity (Wildman–Crippen MR) is 116 cm³/mol. The Bertz CT molecular complexity index is 982. The minimum absolute atomic E-state index is 0.0518. The van der Waals surface area contributed by atoms with E-state index in [-0.39, 0.29) is 17.1 Å². The number of carbonyl (C=O) groups is 1. The van der Waals surface area contributed by atoms with Gasteiger partial charge < -0.3 is 5.32 Å². The van der Waals surface area contributed by atoms with Crippen LogP contribution in [0, 0.1) is 0 Å². The lowest BCUT2D eigenvalue weighted by Gasteiger charge is -2.30. The molecule has 154 valence electrons. The maximum atomic E-state index is 12.7. The fourth-order valence-electron chi connectivity index (χ4n) is 4.48. The third-order valence-electron chi connectivity index (χ3n) is 6.12. The number of hydrogen-bond donors (Lipinski definition) is 1. The minimum Gasteiger partial charge on any atom is -0.351 e. The van der Waals surface area contributed by atoms with Gasteiger partial charge in [-0.2, -0.15) is 0 Å². The number of carbonyl (C=O) groups excluding carboxylic acids is 1. The van der Waals surface area contributed by atoms with Crippen LogP contribution in [0.15, 0.2) is 48.5 Å². The van der Waals surface area contributed by atoms with Crippen LogP contribution in [0.25, 0.3) is 0 Å². The SMILES string of the molecule is O=C(NCC1(c2ccc(Cl)cc2)CCCC1)c1ccc(N2CCCS2(=O)=O)cc1. The van der Waals surface area contributed by atoms with E-state index in [0.29, 0.717) is 35.8 Å². The highest BCUT2D eigenvalue weighted by Crippen LogP contribution is 2.41. The Morgan fingerprint density at radius 2 is 1.66 bits per heavy atom. The molecule has 1 saturated carbocycles. The first-order chi connectivity index (χ1) is 13.9. The summed E-state index contributed by atoms with van der Waals surface area (Å²) in [5.41, 5.74) is 2.32. The van der Waals surface area contributed by atoms with Crippen molar-refractivity contribution in [2.45, 2.75) is 37.5 Å². The second kappa shape index (κ2) is 8.00. The van der Waals surface area contributed by atoms with E-state index in [4.69, 9.17) is 11.6 Å². The van der Waals surface area contributed by atoms with Crippen molar-refractivity contribution < 1.29 is 13.2 Å². The summed E-state index contributed by atoms with van der Waals surface area (Å²) in [4.78, 5) is 12.7. The number of sulfonamides is 1. The van der Waals surface area contributed by atoms with Gasteiger partial charge in [-0.05, 0) is 61.2 Å². The number of anilines is 1. The molecular weight excluding hydrogens is 408 g/mol. The van der Waals surface area contributed by atoms with Crippen LogP contribution in [-0.4, -0.2) is 33.2 Å². The maximum absolute atomic E-state index is 12.7. The smallest absolute Gasteiger partial charge is 0.251 e. The number of nitrogens with zero attached hydrogens (tertiary/aromatic N) is 1. The van der Waals surface area contributed by atoms with Crippen LogP contribution in [0.2, 0.25) is 5.02 Å². The van der Waals surface area contributed by atoms with Crippen LogP contribution in [0.4, 0.5) is 5.69 Å². The van der Waals surface area contributed by atoms with Gasteiger partial charge in [-0.1, -0.05) is 36.6 Å². The van der Waals surface area contributed by atoms with Crippen LogP contribution in [-0.2, 0) is 15.4 Å². The van der Waals surface area contributed by atoms with E-state index in [1.807, 2.05) is 12.1 Å². The van der Waals surface area contributed by atoms with Crippen molar-refractivity contribution in [3.8, 4) is 0 Å². The summed E-state index contributed by atoms with van der Waals surface area (Å²) in [6, 6.07) is 14.7. The fourth-order valence-corrected chi connectivity index (χ4v) is 6.17. The van der Waals surface area contributed by atoms with E-state index >= 15 is 0 Å². The lowest BCUT2D eigenvalue weighted by atomic mass is 9.79. The molecule has 2 fully saturated rings. The molecule has 29 heavy (non-hydrogen) atoms. The van der Waals surface area contributed by atoms with Gasteiger partial charge in [0.1, 0.15) is 0 Å². The third-order valence-corrected chi connectivity index (χ3v) is 8.24. The van der Waals surface area contributed by atoms with Crippen molar-refractivity contribution in [3.63, 3.8) is 0 Å². The third kappa shape index (κ3) is 4.14. The van der Waals surface area contributed by atoms with Gasteiger partial charge in [0.25, 0.3) is 5.91 Å². The van der Waals surface area contributed by atoms with E-state index in [1.54, 1.807) is 24.3 Å². The molecule has 1 heterocycles. The van der Waals surface area contributed by atoms with Crippen LogP contribution < -0.4 is 9.62 Å². The highest BCUT2D eigenvalue weighted by Gasteiger charge is 2.36. The number of hydrogen-bond acceptors (Lipinski definition) is 3. The van der Waals surface area contributed by atoms with Gasteiger partial charge in [-0.3, -0.25) is 9.10 Å². The highest BCUT2D eigenvalue weighted by molar-refractivity contribution is 7.93. The second-order valence-electron chi connectivity index (χ2n) is 7.97. The molecule has 1 aliphatic heterocycles. The summed E-state index contributed by atoms with van der Waals surface area (Å²) in [6.45, 7) is 1.08.